The van der Waals surface area contributed by atoms with E-state index in [-0.39, 0.29) is 6.04 Å². The Hall–Kier alpha value is -1.36. The smallest absolute Gasteiger partial charge is 0.223 e. The van der Waals surface area contributed by atoms with Crippen LogP contribution in [0.1, 0.15) is 81.3 Å². The molecule has 3 heterocycles. The Labute approximate surface area is 150 Å². The van der Waals surface area contributed by atoms with Crippen molar-refractivity contribution in [2.45, 2.75) is 83.9 Å². The highest BCUT2D eigenvalue weighted by Crippen LogP contribution is 2.37. The van der Waals surface area contributed by atoms with Crippen LogP contribution < -0.4 is 0 Å². The van der Waals surface area contributed by atoms with E-state index in [9.17, 15) is 4.79 Å². The number of hydrogen-bond acceptors (Lipinski definition) is 3. The van der Waals surface area contributed by atoms with Gasteiger partial charge in [0.25, 0.3) is 0 Å². The second-order valence-electron chi connectivity index (χ2n) is 7.88. The lowest BCUT2D eigenvalue weighted by atomic mass is 9.94. The third-order valence-corrected chi connectivity index (χ3v) is 6.30. The van der Waals surface area contributed by atoms with Gasteiger partial charge in [0.15, 0.2) is 0 Å². The maximum Gasteiger partial charge on any atom is 0.223 e. The van der Waals surface area contributed by atoms with Gasteiger partial charge in [-0.3, -0.25) is 9.48 Å². The summed E-state index contributed by atoms with van der Waals surface area (Å²) in [5, 5.41) is 4.94. The van der Waals surface area contributed by atoms with Crippen LogP contribution in [0.3, 0.4) is 0 Å². The highest BCUT2D eigenvalue weighted by molar-refractivity contribution is 5.77. The monoisotopic (exact) mass is 345 g/mol. The van der Waals surface area contributed by atoms with Gasteiger partial charge in [-0.2, -0.15) is 5.10 Å². The lowest BCUT2D eigenvalue weighted by Crippen LogP contribution is -2.39. The summed E-state index contributed by atoms with van der Waals surface area (Å²) in [6.45, 7) is 5.38. The van der Waals surface area contributed by atoms with Crippen molar-refractivity contribution in [3.05, 3.63) is 17.0 Å². The first-order valence-corrected chi connectivity index (χ1v) is 10.2. The van der Waals surface area contributed by atoms with Crippen molar-refractivity contribution in [1.29, 1.82) is 0 Å². The van der Waals surface area contributed by atoms with Crippen molar-refractivity contribution in [2.75, 3.05) is 13.2 Å². The lowest BCUT2D eigenvalue weighted by molar-refractivity contribution is -0.136. The molecule has 5 nitrogen and oxygen atoms in total. The van der Waals surface area contributed by atoms with Crippen LogP contribution in [0.15, 0.2) is 0 Å². The largest absolute Gasteiger partial charge is 0.376 e. The normalized spacial score (nSPS) is 24.5. The first-order chi connectivity index (χ1) is 12.3. The van der Waals surface area contributed by atoms with Gasteiger partial charge in [-0.1, -0.05) is 12.8 Å². The topological polar surface area (TPSA) is 47.4 Å². The summed E-state index contributed by atoms with van der Waals surface area (Å²) in [6.07, 6.45) is 10.1. The number of aryl methyl sites for hydroxylation is 1. The Bertz CT molecular complexity index is 619. The summed E-state index contributed by atoms with van der Waals surface area (Å²) >= 11 is 0. The molecule has 0 bridgehead atoms. The van der Waals surface area contributed by atoms with Gasteiger partial charge in [0.05, 0.1) is 24.9 Å². The van der Waals surface area contributed by atoms with E-state index in [1.165, 1.54) is 43.4 Å². The summed E-state index contributed by atoms with van der Waals surface area (Å²) < 4.78 is 7.87. The van der Waals surface area contributed by atoms with Crippen LogP contribution in [0.4, 0.5) is 0 Å². The average Bonchev–Trinajstić information content (AvgIpc) is 3.29. The molecule has 1 aliphatic carbocycles. The number of aromatic nitrogens is 2. The first-order valence-electron chi connectivity index (χ1n) is 10.2. The molecule has 1 saturated heterocycles. The molecule has 0 aromatic carbocycles. The molecular weight excluding hydrogens is 314 g/mol. The molecule has 0 N–H and O–H groups in total. The Kier molecular flexibility index (Phi) is 5.11. The molecule has 25 heavy (non-hydrogen) atoms. The maximum absolute atomic E-state index is 13.0. The fourth-order valence-electron chi connectivity index (χ4n) is 4.96. The molecule has 2 aliphatic heterocycles. The highest BCUT2D eigenvalue weighted by atomic mass is 16.5. The van der Waals surface area contributed by atoms with Gasteiger partial charge in [-0.05, 0) is 44.9 Å². The maximum atomic E-state index is 13.0. The van der Waals surface area contributed by atoms with Crippen LogP contribution in [0, 0.1) is 5.92 Å². The van der Waals surface area contributed by atoms with Crippen LogP contribution in [0.2, 0.25) is 0 Å². The number of nitrogens with zero attached hydrogens (tertiary/aromatic N) is 3. The van der Waals surface area contributed by atoms with E-state index in [1.807, 2.05) is 0 Å². The first kappa shape index (κ1) is 17.1. The molecule has 0 radical (unpaired) electrons. The van der Waals surface area contributed by atoms with E-state index in [4.69, 9.17) is 9.84 Å². The zero-order chi connectivity index (χ0) is 17.2. The molecule has 5 heteroatoms. The van der Waals surface area contributed by atoms with E-state index >= 15 is 0 Å². The SMILES string of the molecule is CCn1nc(C2CCCCN2C(=O)CC2CCCC2)c2c1CCOC2. The molecule has 1 saturated carbocycles. The zero-order valence-corrected chi connectivity index (χ0v) is 15.5. The Morgan fingerprint density at radius 3 is 2.80 bits per heavy atom. The number of fused-ring (bicyclic) bond motifs is 1. The van der Waals surface area contributed by atoms with Crippen LogP contribution in [-0.2, 0) is 29.1 Å². The summed E-state index contributed by atoms with van der Waals surface area (Å²) in [7, 11) is 0. The molecule has 1 aromatic heterocycles. The number of carbonyl (C=O) groups excluding carboxylic acids is 1. The van der Waals surface area contributed by atoms with Crippen molar-refractivity contribution in [3.63, 3.8) is 0 Å². The standard InChI is InChI=1S/C20H31N3O2/c1-2-23-17-10-12-25-14-16(17)20(21-23)18-9-5-6-11-22(18)19(24)13-15-7-3-4-8-15/h15,18H,2-14H2,1H3. The number of likely N-dealkylation sites (tertiary alicyclic amines) is 1. The van der Waals surface area contributed by atoms with Gasteiger partial charge in [0.2, 0.25) is 5.91 Å². The third kappa shape index (κ3) is 3.35. The van der Waals surface area contributed by atoms with E-state index in [1.54, 1.807) is 0 Å². The summed E-state index contributed by atoms with van der Waals surface area (Å²) in [5.74, 6) is 0.966. The minimum Gasteiger partial charge on any atom is -0.376 e. The zero-order valence-electron chi connectivity index (χ0n) is 15.5. The molecule has 0 spiro atoms. The van der Waals surface area contributed by atoms with Crippen LogP contribution in [-0.4, -0.2) is 33.7 Å². The molecule has 4 rings (SSSR count). The Balaban J connectivity index is 1.58. The highest BCUT2D eigenvalue weighted by Gasteiger charge is 2.34. The van der Waals surface area contributed by atoms with Crippen molar-refractivity contribution in [3.8, 4) is 0 Å². The van der Waals surface area contributed by atoms with Crippen molar-refractivity contribution < 1.29 is 9.53 Å². The second-order valence-corrected chi connectivity index (χ2v) is 7.88. The Morgan fingerprint density at radius 1 is 1.20 bits per heavy atom. The minimum absolute atomic E-state index is 0.158. The minimum atomic E-state index is 0.158. The van der Waals surface area contributed by atoms with Crippen LogP contribution in [0.5, 0.6) is 0 Å². The predicted octanol–water partition coefficient (Wildman–Crippen LogP) is 3.61. The van der Waals surface area contributed by atoms with Gasteiger partial charge < -0.3 is 9.64 Å². The predicted molar refractivity (Wildman–Crippen MR) is 96.1 cm³/mol. The molecule has 3 aliphatic rings. The van der Waals surface area contributed by atoms with E-state index in [0.717, 1.165) is 51.1 Å². The van der Waals surface area contributed by atoms with E-state index < -0.39 is 0 Å². The fraction of sp³-hybridized carbons (Fsp3) is 0.800. The number of rotatable bonds is 4. The summed E-state index contributed by atoms with van der Waals surface area (Å²) in [6, 6.07) is 0.158. The number of carbonyl (C=O) groups is 1. The molecule has 138 valence electrons. The Morgan fingerprint density at radius 2 is 2.00 bits per heavy atom. The molecule has 1 amide bonds. The van der Waals surface area contributed by atoms with Crippen molar-refractivity contribution >= 4 is 5.91 Å². The summed E-state index contributed by atoms with van der Waals surface area (Å²) in [4.78, 5) is 15.2. The number of hydrogen-bond donors (Lipinski definition) is 0. The lowest BCUT2D eigenvalue weighted by Gasteiger charge is -2.36. The molecule has 1 unspecified atom stereocenters. The van der Waals surface area contributed by atoms with Crippen molar-refractivity contribution in [2.24, 2.45) is 5.92 Å². The third-order valence-electron chi connectivity index (χ3n) is 6.30. The van der Waals surface area contributed by atoms with E-state index in [0.29, 0.717) is 18.4 Å². The van der Waals surface area contributed by atoms with Gasteiger partial charge >= 0.3 is 0 Å². The second kappa shape index (κ2) is 7.48. The molecule has 2 fully saturated rings. The fourth-order valence-corrected chi connectivity index (χ4v) is 4.96. The number of ether oxygens (including phenoxy) is 1. The molecule has 1 atom stereocenters. The number of piperidine rings is 1. The summed E-state index contributed by atoms with van der Waals surface area (Å²) in [5.41, 5.74) is 3.72. The molecular formula is C20H31N3O2. The van der Waals surface area contributed by atoms with Crippen molar-refractivity contribution in [1.82, 2.24) is 14.7 Å². The average molecular weight is 345 g/mol. The quantitative estimate of drug-likeness (QED) is 0.837. The molecule has 1 aromatic rings. The number of amides is 1. The van der Waals surface area contributed by atoms with Gasteiger partial charge in [0, 0.05) is 37.2 Å². The van der Waals surface area contributed by atoms with Crippen LogP contribution >= 0.6 is 0 Å². The van der Waals surface area contributed by atoms with Gasteiger partial charge in [0.1, 0.15) is 0 Å². The van der Waals surface area contributed by atoms with Crippen LogP contribution in [0.25, 0.3) is 0 Å². The van der Waals surface area contributed by atoms with E-state index in [2.05, 4.69) is 16.5 Å². The van der Waals surface area contributed by atoms with Gasteiger partial charge in [-0.25, -0.2) is 0 Å². The van der Waals surface area contributed by atoms with Gasteiger partial charge in [-0.15, -0.1) is 0 Å².